The summed E-state index contributed by atoms with van der Waals surface area (Å²) in [5, 5.41) is 0.630. The van der Waals surface area contributed by atoms with Gasteiger partial charge in [-0.1, -0.05) is 29.8 Å². The van der Waals surface area contributed by atoms with E-state index in [2.05, 4.69) is 0 Å². The molecule has 0 spiro atoms. The number of methoxy groups -OCH3 is 1. The van der Waals surface area contributed by atoms with Crippen molar-refractivity contribution in [1.29, 1.82) is 0 Å². The van der Waals surface area contributed by atoms with E-state index in [1.807, 2.05) is 42.5 Å². The molecule has 0 fully saturated rings. The van der Waals surface area contributed by atoms with Crippen LogP contribution in [0.15, 0.2) is 42.5 Å². The lowest BCUT2D eigenvalue weighted by Gasteiger charge is -2.12. The molecule has 19 heavy (non-hydrogen) atoms. The Hall–Kier alpha value is -1.71. The first-order valence-corrected chi connectivity index (χ1v) is 6.35. The third-order valence-corrected chi connectivity index (χ3v) is 3.16. The van der Waals surface area contributed by atoms with E-state index < -0.39 is 0 Å². The fourth-order valence-corrected chi connectivity index (χ4v) is 2.04. The topological polar surface area (TPSA) is 44.5 Å². The molecule has 0 saturated carbocycles. The van der Waals surface area contributed by atoms with Crippen LogP contribution in [0.4, 0.5) is 0 Å². The normalized spacial score (nSPS) is 10.3. The maximum atomic E-state index is 6.08. The van der Waals surface area contributed by atoms with E-state index in [0.717, 1.165) is 22.6 Å². The van der Waals surface area contributed by atoms with Crippen molar-refractivity contribution in [2.75, 3.05) is 7.11 Å². The van der Waals surface area contributed by atoms with Gasteiger partial charge in [-0.05, 0) is 29.8 Å². The third kappa shape index (κ3) is 3.40. The smallest absolute Gasteiger partial charge is 0.125 e. The number of nitrogens with two attached hydrogens (primary N) is 1. The highest BCUT2D eigenvalue weighted by Crippen LogP contribution is 2.26. The van der Waals surface area contributed by atoms with Crippen LogP contribution in [0.5, 0.6) is 11.5 Å². The number of halogens is 1. The first-order valence-electron chi connectivity index (χ1n) is 5.97. The summed E-state index contributed by atoms with van der Waals surface area (Å²) in [6.45, 7) is 0.803. The molecule has 0 atom stereocenters. The number of ether oxygens (including phenoxy) is 2. The molecule has 0 aliphatic carbocycles. The van der Waals surface area contributed by atoms with Crippen LogP contribution in [-0.2, 0) is 13.2 Å². The molecule has 0 bridgehead atoms. The van der Waals surface area contributed by atoms with Crippen LogP contribution in [0.25, 0.3) is 0 Å². The van der Waals surface area contributed by atoms with Gasteiger partial charge in [0.1, 0.15) is 18.1 Å². The van der Waals surface area contributed by atoms with Crippen LogP contribution in [0.1, 0.15) is 11.1 Å². The van der Waals surface area contributed by atoms with Gasteiger partial charge in [-0.2, -0.15) is 0 Å². The highest BCUT2D eigenvalue weighted by atomic mass is 35.5. The summed E-state index contributed by atoms with van der Waals surface area (Å²) in [5.41, 5.74) is 7.54. The summed E-state index contributed by atoms with van der Waals surface area (Å²) in [4.78, 5) is 0. The van der Waals surface area contributed by atoms with Gasteiger partial charge in [-0.25, -0.2) is 0 Å². The average Bonchev–Trinajstić information content (AvgIpc) is 2.45. The molecule has 0 aliphatic heterocycles. The van der Waals surface area contributed by atoms with Crippen LogP contribution in [0.2, 0.25) is 5.02 Å². The Balaban J connectivity index is 2.12. The molecule has 0 aliphatic rings. The zero-order valence-corrected chi connectivity index (χ0v) is 11.5. The van der Waals surface area contributed by atoms with Crippen LogP contribution < -0.4 is 15.2 Å². The van der Waals surface area contributed by atoms with Crippen molar-refractivity contribution in [3.8, 4) is 11.5 Å². The molecule has 0 unspecified atom stereocenters. The summed E-state index contributed by atoms with van der Waals surface area (Å²) < 4.78 is 10.9. The van der Waals surface area contributed by atoms with Crippen molar-refractivity contribution in [1.82, 2.24) is 0 Å². The van der Waals surface area contributed by atoms with Crippen LogP contribution in [-0.4, -0.2) is 7.11 Å². The lowest BCUT2D eigenvalue weighted by atomic mass is 10.2. The summed E-state index contributed by atoms with van der Waals surface area (Å²) in [6.07, 6.45) is 0. The molecule has 0 aromatic heterocycles. The minimum Gasteiger partial charge on any atom is -0.497 e. The summed E-state index contributed by atoms with van der Waals surface area (Å²) >= 11 is 6.08. The quantitative estimate of drug-likeness (QED) is 0.911. The predicted molar refractivity (Wildman–Crippen MR) is 76.7 cm³/mol. The molecule has 0 heterocycles. The van der Waals surface area contributed by atoms with Gasteiger partial charge in [0, 0.05) is 17.1 Å². The van der Waals surface area contributed by atoms with E-state index in [4.69, 9.17) is 26.8 Å². The average molecular weight is 278 g/mol. The molecule has 2 aromatic carbocycles. The summed E-state index contributed by atoms with van der Waals surface area (Å²) in [5.74, 6) is 1.53. The van der Waals surface area contributed by atoms with Crippen molar-refractivity contribution < 1.29 is 9.47 Å². The number of hydrogen-bond acceptors (Lipinski definition) is 3. The fourth-order valence-electron chi connectivity index (χ4n) is 1.80. The maximum absolute atomic E-state index is 6.08. The van der Waals surface area contributed by atoms with Crippen LogP contribution >= 0.6 is 11.6 Å². The van der Waals surface area contributed by atoms with Crippen LogP contribution in [0.3, 0.4) is 0 Å². The van der Waals surface area contributed by atoms with Gasteiger partial charge in [0.05, 0.1) is 7.11 Å². The fraction of sp³-hybridized carbons (Fsp3) is 0.200. The second-order valence-corrected chi connectivity index (χ2v) is 4.47. The van der Waals surface area contributed by atoms with Crippen LogP contribution in [0, 0.1) is 0 Å². The minimum atomic E-state index is 0.354. The lowest BCUT2D eigenvalue weighted by Crippen LogP contribution is -2.03. The SMILES string of the molecule is COc1cccc(COc2cccc(Cl)c2CN)c1. The molecule has 2 aromatic rings. The van der Waals surface area contributed by atoms with Crippen molar-refractivity contribution >= 4 is 11.6 Å². The molecule has 2 N–H and O–H groups in total. The molecule has 0 amide bonds. The Morgan fingerprint density at radius 1 is 1.16 bits per heavy atom. The highest BCUT2D eigenvalue weighted by molar-refractivity contribution is 6.31. The number of benzene rings is 2. The minimum absolute atomic E-state index is 0.354. The molecule has 3 nitrogen and oxygen atoms in total. The second-order valence-electron chi connectivity index (χ2n) is 4.06. The second kappa shape index (κ2) is 6.45. The largest absolute Gasteiger partial charge is 0.497 e. The highest BCUT2D eigenvalue weighted by Gasteiger charge is 2.06. The van der Waals surface area contributed by atoms with Gasteiger partial charge < -0.3 is 15.2 Å². The third-order valence-electron chi connectivity index (χ3n) is 2.81. The van der Waals surface area contributed by atoms with E-state index in [-0.39, 0.29) is 0 Å². The van der Waals surface area contributed by atoms with Crippen molar-refractivity contribution in [3.63, 3.8) is 0 Å². The van der Waals surface area contributed by atoms with E-state index in [9.17, 15) is 0 Å². The maximum Gasteiger partial charge on any atom is 0.125 e. The van der Waals surface area contributed by atoms with Gasteiger partial charge >= 0.3 is 0 Å². The van der Waals surface area contributed by atoms with Gasteiger partial charge in [0.15, 0.2) is 0 Å². The van der Waals surface area contributed by atoms with Crippen molar-refractivity contribution in [2.24, 2.45) is 5.73 Å². The van der Waals surface area contributed by atoms with Gasteiger partial charge in [0.2, 0.25) is 0 Å². The Kier molecular flexibility index (Phi) is 4.66. The van der Waals surface area contributed by atoms with E-state index in [0.29, 0.717) is 18.2 Å². The first-order chi connectivity index (χ1) is 9.24. The summed E-state index contributed by atoms with van der Waals surface area (Å²) in [7, 11) is 1.64. The molecule has 100 valence electrons. The molecular formula is C15H16ClNO2. The van der Waals surface area contributed by atoms with E-state index in [1.54, 1.807) is 7.11 Å². The Labute approximate surface area is 117 Å². The molecule has 2 rings (SSSR count). The Morgan fingerprint density at radius 2 is 1.95 bits per heavy atom. The molecular weight excluding hydrogens is 262 g/mol. The Morgan fingerprint density at radius 3 is 2.68 bits per heavy atom. The first kappa shape index (κ1) is 13.7. The van der Waals surface area contributed by atoms with Gasteiger partial charge in [-0.15, -0.1) is 0 Å². The Bertz CT molecular complexity index is 558. The zero-order chi connectivity index (χ0) is 13.7. The zero-order valence-electron chi connectivity index (χ0n) is 10.7. The standard InChI is InChI=1S/C15H16ClNO2/c1-18-12-5-2-4-11(8-12)10-19-15-7-3-6-14(16)13(15)9-17/h2-8H,9-10,17H2,1H3. The lowest BCUT2D eigenvalue weighted by molar-refractivity contribution is 0.302. The molecule has 0 radical (unpaired) electrons. The van der Waals surface area contributed by atoms with Gasteiger partial charge in [-0.3, -0.25) is 0 Å². The van der Waals surface area contributed by atoms with Crippen molar-refractivity contribution in [2.45, 2.75) is 13.2 Å². The molecule has 4 heteroatoms. The molecule has 0 saturated heterocycles. The predicted octanol–water partition coefficient (Wildman–Crippen LogP) is 3.39. The summed E-state index contributed by atoms with van der Waals surface area (Å²) in [6, 6.07) is 13.3. The van der Waals surface area contributed by atoms with Crippen molar-refractivity contribution in [3.05, 3.63) is 58.6 Å². The van der Waals surface area contributed by atoms with Gasteiger partial charge in [0.25, 0.3) is 0 Å². The number of hydrogen-bond donors (Lipinski definition) is 1. The van der Waals surface area contributed by atoms with E-state index in [1.165, 1.54) is 0 Å². The monoisotopic (exact) mass is 277 g/mol. The van der Waals surface area contributed by atoms with E-state index >= 15 is 0 Å². The number of rotatable bonds is 5.